The lowest BCUT2D eigenvalue weighted by Crippen LogP contribution is -2.03. The molecule has 0 aliphatic heterocycles. The molecule has 0 aliphatic carbocycles. The summed E-state index contributed by atoms with van der Waals surface area (Å²) in [6, 6.07) is 2.76. The van der Waals surface area contributed by atoms with E-state index in [-0.39, 0.29) is 5.69 Å². The molecular weight excluding hydrogens is 122 g/mol. The molecule has 48 valence electrons. The zero-order chi connectivity index (χ0) is 6.85. The molecule has 0 saturated carbocycles. The zero-order valence-electron chi connectivity index (χ0n) is 4.48. The van der Waals surface area contributed by atoms with E-state index in [0.717, 1.165) is 0 Å². The van der Waals surface area contributed by atoms with Gasteiger partial charge in [-0.05, 0) is 12.1 Å². The molecule has 0 aliphatic rings. The highest BCUT2D eigenvalue weighted by atomic mass is 16.5. The molecule has 0 spiro atoms. The van der Waals surface area contributed by atoms with Crippen LogP contribution >= 0.6 is 0 Å². The fourth-order valence-corrected chi connectivity index (χ4v) is 0.542. The van der Waals surface area contributed by atoms with Gasteiger partial charge in [-0.3, -0.25) is 0 Å². The van der Waals surface area contributed by atoms with Crippen LogP contribution in [-0.4, -0.2) is 21.0 Å². The normalized spacial score (nSPS) is 9.33. The Kier molecular flexibility index (Phi) is 1.14. The predicted molar refractivity (Wildman–Crippen MR) is 28.6 cm³/mol. The first kappa shape index (κ1) is 5.68. The molecule has 0 amide bonds. The molecular formula is C5H5NO3. The van der Waals surface area contributed by atoms with Crippen molar-refractivity contribution in [3.05, 3.63) is 24.0 Å². The van der Waals surface area contributed by atoms with Crippen LogP contribution in [0.25, 0.3) is 0 Å². The van der Waals surface area contributed by atoms with Gasteiger partial charge >= 0.3 is 5.97 Å². The van der Waals surface area contributed by atoms with Crippen molar-refractivity contribution in [3.63, 3.8) is 0 Å². The second-order valence-electron chi connectivity index (χ2n) is 1.54. The van der Waals surface area contributed by atoms with Gasteiger partial charge in [0.2, 0.25) is 0 Å². The third-order valence-corrected chi connectivity index (χ3v) is 0.947. The number of rotatable bonds is 1. The molecule has 1 aromatic rings. The molecule has 0 aromatic carbocycles. The van der Waals surface area contributed by atoms with Crippen molar-refractivity contribution in [1.29, 1.82) is 0 Å². The Hall–Kier alpha value is -1.45. The van der Waals surface area contributed by atoms with E-state index in [4.69, 9.17) is 10.3 Å². The second kappa shape index (κ2) is 1.81. The number of nitrogens with zero attached hydrogens (tertiary/aromatic N) is 1. The predicted octanol–water partition coefficient (Wildman–Crippen LogP) is 0.424. The third-order valence-electron chi connectivity index (χ3n) is 0.947. The van der Waals surface area contributed by atoms with E-state index < -0.39 is 5.97 Å². The highest BCUT2D eigenvalue weighted by Crippen LogP contribution is 1.96. The Morgan fingerprint density at radius 3 is 2.56 bits per heavy atom. The first-order valence-corrected chi connectivity index (χ1v) is 2.31. The highest BCUT2D eigenvalue weighted by molar-refractivity contribution is 5.85. The van der Waals surface area contributed by atoms with Crippen LogP contribution < -0.4 is 0 Å². The number of carboxylic acids is 1. The summed E-state index contributed by atoms with van der Waals surface area (Å²) in [7, 11) is 0. The van der Waals surface area contributed by atoms with Crippen molar-refractivity contribution in [2.45, 2.75) is 0 Å². The number of aromatic nitrogens is 1. The molecule has 4 nitrogen and oxygen atoms in total. The van der Waals surface area contributed by atoms with Crippen LogP contribution in [0.1, 0.15) is 10.5 Å². The summed E-state index contributed by atoms with van der Waals surface area (Å²) in [5.41, 5.74) is -0.130. The van der Waals surface area contributed by atoms with Gasteiger partial charge in [-0.25, -0.2) is 4.79 Å². The lowest BCUT2D eigenvalue weighted by atomic mass is 10.4. The molecule has 4 heteroatoms. The summed E-state index contributed by atoms with van der Waals surface area (Å²) in [6.45, 7) is 0. The van der Waals surface area contributed by atoms with Crippen LogP contribution in [0.3, 0.4) is 0 Å². The summed E-state index contributed by atoms with van der Waals surface area (Å²) < 4.78 is 0.558. The Bertz CT molecular complexity index is 228. The van der Waals surface area contributed by atoms with E-state index in [1.165, 1.54) is 18.3 Å². The van der Waals surface area contributed by atoms with Crippen molar-refractivity contribution in [2.75, 3.05) is 0 Å². The van der Waals surface area contributed by atoms with Crippen molar-refractivity contribution in [1.82, 2.24) is 4.73 Å². The first-order chi connectivity index (χ1) is 4.22. The van der Waals surface area contributed by atoms with Crippen molar-refractivity contribution in [2.24, 2.45) is 0 Å². The molecule has 2 N–H and O–H groups in total. The maximum absolute atomic E-state index is 10.1. The topological polar surface area (TPSA) is 62.5 Å². The molecule has 1 rings (SSSR count). The smallest absolute Gasteiger partial charge is 0.355 e. The van der Waals surface area contributed by atoms with Crippen LogP contribution in [0, 0.1) is 0 Å². The number of hydrogen-bond acceptors (Lipinski definition) is 2. The van der Waals surface area contributed by atoms with Gasteiger partial charge in [0.15, 0.2) is 5.69 Å². The maximum Gasteiger partial charge on any atom is 0.355 e. The van der Waals surface area contributed by atoms with Crippen LogP contribution in [0.2, 0.25) is 0 Å². The van der Waals surface area contributed by atoms with E-state index in [0.29, 0.717) is 4.73 Å². The Labute approximate surface area is 50.9 Å². The average molecular weight is 127 g/mol. The fraction of sp³-hybridized carbons (Fsp3) is 0. The van der Waals surface area contributed by atoms with Crippen LogP contribution in [-0.2, 0) is 0 Å². The summed E-state index contributed by atoms with van der Waals surface area (Å²) in [4.78, 5) is 10.1. The first-order valence-electron chi connectivity index (χ1n) is 2.31. The van der Waals surface area contributed by atoms with Crippen molar-refractivity contribution >= 4 is 5.97 Å². The number of hydrogen-bond donors (Lipinski definition) is 2. The number of carboxylic acid groups (broad SMARTS) is 1. The van der Waals surface area contributed by atoms with Gasteiger partial charge < -0.3 is 10.3 Å². The second-order valence-corrected chi connectivity index (χ2v) is 1.54. The van der Waals surface area contributed by atoms with Crippen molar-refractivity contribution < 1.29 is 15.1 Å². The fourth-order valence-electron chi connectivity index (χ4n) is 0.542. The molecule has 0 bridgehead atoms. The Morgan fingerprint density at radius 2 is 2.33 bits per heavy atom. The molecule has 0 radical (unpaired) electrons. The van der Waals surface area contributed by atoms with Gasteiger partial charge in [0.25, 0.3) is 0 Å². The monoisotopic (exact) mass is 127 g/mol. The largest absolute Gasteiger partial charge is 0.476 e. The summed E-state index contributed by atoms with van der Waals surface area (Å²) in [5.74, 6) is -1.14. The quantitative estimate of drug-likeness (QED) is 0.537. The van der Waals surface area contributed by atoms with Crippen molar-refractivity contribution in [3.8, 4) is 0 Å². The van der Waals surface area contributed by atoms with E-state index >= 15 is 0 Å². The molecule has 1 heterocycles. The van der Waals surface area contributed by atoms with Crippen LogP contribution in [0.5, 0.6) is 0 Å². The van der Waals surface area contributed by atoms with Gasteiger partial charge in [-0.1, -0.05) is 0 Å². The minimum absolute atomic E-state index is 0.130. The van der Waals surface area contributed by atoms with Crippen LogP contribution in [0.15, 0.2) is 18.3 Å². The molecule has 9 heavy (non-hydrogen) atoms. The summed E-state index contributed by atoms with van der Waals surface area (Å²) >= 11 is 0. The minimum Gasteiger partial charge on any atom is -0.476 e. The van der Waals surface area contributed by atoms with Gasteiger partial charge in [0.1, 0.15) is 0 Å². The lowest BCUT2D eigenvalue weighted by molar-refractivity contribution is 0.0644. The van der Waals surface area contributed by atoms with E-state index in [1.54, 1.807) is 0 Å². The minimum atomic E-state index is -1.14. The molecule has 1 aromatic heterocycles. The Balaban J connectivity index is 3.08. The molecule has 0 atom stereocenters. The van der Waals surface area contributed by atoms with E-state index in [1.807, 2.05) is 0 Å². The Morgan fingerprint density at radius 1 is 1.67 bits per heavy atom. The standard InChI is InChI=1S/C5H5NO3/c7-5(8)4-2-1-3-6(4)9/h1-3,9H,(H,7,8). The van der Waals surface area contributed by atoms with Gasteiger partial charge in [0, 0.05) is 6.20 Å². The van der Waals surface area contributed by atoms with Crippen LogP contribution in [0.4, 0.5) is 0 Å². The summed E-state index contributed by atoms with van der Waals surface area (Å²) in [6.07, 6.45) is 1.25. The highest BCUT2D eigenvalue weighted by Gasteiger charge is 2.05. The van der Waals surface area contributed by atoms with Gasteiger partial charge in [0.05, 0.1) is 0 Å². The molecule has 0 unspecified atom stereocenters. The SMILES string of the molecule is O=C(O)c1cccn1O. The molecule has 0 saturated heterocycles. The van der Waals surface area contributed by atoms with Gasteiger partial charge in [-0.15, -0.1) is 0 Å². The average Bonchev–Trinajstić information content (AvgIpc) is 2.13. The number of carbonyl (C=O) groups is 1. The van der Waals surface area contributed by atoms with Gasteiger partial charge in [-0.2, -0.15) is 4.73 Å². The number of aromatic carboxylic acids is 1. The van der Waals surface area contributed by atoms with E-state index in [2.05, 4.69) is 0 Å². The zero-order valence-corrected chi connectivity index (χ0v) is 4.48. The van der Waals surface area contributed by atoms with E-state index in [9.17, 15) is 4.79 Å². The maximum atomic E-state index is 10.1. The third kappa shape index (κ3) is 0.861. The molecule has 0 fully saturated rings. The summed E-state index contributed by atoms with van der Waals surface area (Å²) in [5, 5.41) is 16.9. The lowest BCUT2D eigenvalue weighted by Gasteiger charge is -1.91.